The number of nitrogens with two attached hydrogens (primary N) is 1. The molecule has 2 N–H and O–H groups in total. The van der Waals surface area contributed by atoms with Gasteiger partial charge in [-0.05, 0) is 12.1 Å². The van der Waals surface area contributed by atoms with Crippen LogP contribution in [0, 0.1) is 0 Å². The van der Waals surface area contributed by atoms with Gasteiger partial charge < -0.3 is 5.73 Å². The predicted octanol–water partition coefficient (Wildman–Crippen LogP) is 2.65. The summed E-state index contributed by atoms with van der Waals surface area (Å²) in [5.74, 6) is -0.525. The standard InChI is InChI=1S/C10H8N2OS.C2H6/c11-10(13)7-5-4-6-2-1-3-8(14)9(6)12-7;1-2/h1-5,14H,(H2,11,13);1-2H3. The zero-order chi connectivity index (χ0) is 12.1. The van der Waals surface area contributed by atoms with Gasteiger partial charge in [-0.1, -0.05) is 32.0 Å². The minimum Gasteiger partial charge on any atom is -0.364 e. The summed E-state index contributed by atoms with van der Waals surface area (Å²) in [6.07, 6.45) is 0. The number of hydrogen-bond acceptors (Lipinski definition) is 3. The summed E-state index contributed by atoms with van der Waals surface area (Å²) in [5, 5.41) is 0.947. The van der Waals surface area contributed by atoms with Gasteiger partial charge in [-0.25, -0.2) is 4.98 Å². The molecule has 0 aliphatic rings. The highest BCUT2D eigenvalue weighted by atomic mass is 32.1. The molecule has 0 fully saturated rings. The summed E-state index contributed by atoms with van der Waals surface area (Å²) >= 11 is 4.25. The van der Waals surface area contributed by atoms with Crippen molar-refractivity contribution < 1.29 is 4.79 Å². The summed E-state index contributed by atoms with van der Waals surface area (Å²) in [7, 11) is 0. The number of nitrogens with zero attached hydrogens (tertiary/aromatic N) is 1. The lowest BCUT2D eigenvalue weighted by molar-refractivity contribution is 0.0996. The molecule has 1 aromatic heterocycles. The number of aromatic nitrogens is 1. The molecule has 0 aliphatic heterocycles. The number of pyridine rings is 1. The Morgan fingerprint density at radius 2 is 1.94 bits per heavy atom. The van der Waals surface area contributed by atoms with Crippen molar-refractivity contribution in [2.75, 3.05) is 0 Å². The summed E-state index contributed by atoms with van der Waals surface area (Å²) in [6.45, 7) is 4.00. The van der Waals surface area contributed by atoms with E-state index in [1.165, 1.54) is 0 Å². The van der Waals surface area contributed by atoms with Crippen molar-refractivity contribution in [2.24, 2.45) is 5.73 Å². The van der Waals surface area contributed by atoms with Gasteiger partial charge in [-0.3, -0.25) is 4.79 Å². The molecule has 0 radical (unpaired) electrons. The first-order valence-electron chi connectivity index (χ1n) is 5.07. The van der Waals surface area contributed by atoms with Crippen LogP contribution in [0.4, 0.5) is 0 Å². The van der Waals surface area contributed by atoms with Crippen LogP contribution in [0.25, 0.3) is 10.9 Å². The molecular formula is C12H14N2OS. The van der Waals surface area contributed by atoms with Gasteiger partial charge in [0.25, 0.3) is 5.91 Å². The van der Waals surface area contributed by atoms with Crippen molar-refractivity contribution in [1.29, 1.82) is 0 Å². The highest BCUT2D eigenvalue weighted by Crippen LogP contribution is 2.19. The zero-order valence-electron chi connectivity index (χ0n) is 9.27. The molecule has 1 heterocycles. The summed E-state index contributed by atoms with van der Waals surface area (Å²) in [4.78, 5) is 15.8. The Morgan fingerprint density at radius 3 is 2.56 bits per heavy atom. The number of hydrogen-bond donors (Lipinski definition) is 2. The third-order valence-corrected chi connectivity index (χ3v) is 2.31. The van der Waals surface area contributed by atoms with Gasteiger partial charge in [0.2, 0.25) is 0 Å². The second-order valence-corrected chi connectivity index (χ2v) is 3.39. The molecule has 0 unspecified atom stereocenters. The van der Waals surface area contributed by atoms with Crippen LogP contribution in [0.3, 0.4) is 0 Å². The first-order chi connectivity index (χ1) is 7.68. The van der Waals surface area contributed by atoms with Crippen LogP contribution in [-0.4, -0.2) is 10.9 Å². The van der Waals surface area contributed by atoms with Crippen molar-refractivity contribution >= 4 is 29.4 Å². The Hall–Kier alpha value is -1.55. The van der Waals surface area contributed by atoms with Crippen LogP contribution in [-0.2, 0) is 0 Å². The lowest BCUT2D eigenvalue weighted by atomic mass is 10.2. The van der Waals surface area contributed by atoms with Crippen LogP contribution in [0.2, 0.25) is 0 Å². The number of thiol groups is 1. The molecule has 0 atom stereocenters. The lowest BCUT2D eigenvalue weighted by Gasteiger charge is -2.01. The average Bonchev–Trinajstić information content (AvgIpc) is 2.32. The van der Waals surface area contributed by atoms with E-state index in [4.69, 9.17) is 5.73 Å². The van der Waals surface area contributed by atoms with Crippen molar-refractivity contribution in [3.8, 4) is 0 Å². The summed E-state index contributed by atoms with van der Waals surface area (Å²) in [6, 6.07) is 9.03. The average molecular weight is 234 g/mol. The monoisotopic (exact) mass is 234 g/mol. The van der Waals surface area contributed by atoms with E-state index in [1.807, 2.05) is 38.1 Å². The van der Waals surface area contributed by atoms with Gasteiger partial charge >= 0.3 is 0 Å². The highest BCUT2D eigenvalue weighted by Gasteiger charge is 2.04. The highest BCUT2D eigenvalue weighted by molar-refractivity contribution is 7.80. The van der Waals surface area contributed by atoms with Crippen LogP contribution in [0.5, 0.6) is 0 Å². The van der Waals surface area contributed by atoms with E-state index in [0.29, 0.717) is 5.52 Å². The SMILES string of the molecule is CC.NC(=O)c1ccc2cccc(S)c2n1. The van der Waals surface area contributed by atoms with Gasteiger partial charge in [0.05, 0.1) is 5.52 Å². The number of amides is 1. The van der Waals surface area contributed by atoms with E-state index in [1.54, 1.807) is 6.07 Å². The molecule has 0 bridgehead atoms. The van der Waals surface area contributed by atoms with Gasteiger partial charge in [0.1, 0.15) is 5.69 Å². The molecule has 1 aromatic carbocycles. The fourth-order valence-electron chi connectivity index (χ4n) is 1.27. The van der Waals surface area contributed by atoms with Crippen molar-refractivity contribution in [1.82, 2.24) is 4.98 Å². The smallest absolute Gasteiger partial charge is 0.267 e. The summed E-state index contributed by atoms with van der Waals surface area (Å²) in [5.41, 5.74) is 6.09. The van der Waals surface area contributed by atoms with Crippen LogP contribution < -0.4 is 5.73 Å². The molecule has 0 aliphatic carbocycles. The number of primary amides is 1. The Bertz CT molecular complexity index is 511. The van der Waals surface area contributed by atoms with E-state index in [-0.39, 0.29) is 5.69 Å². The Balaban J connectivity index is 0.000000606. The quantitative estimate of drug-likeness (QED) is 0.745. The Kier molecular flexibility index (Phi) is 4.31. The van der Waals surface area contributed by atoms with E-state index in [2.05, 4.69) is 17.6 Å². The Labute approximate surface area is 100 Å². The first kappa shape index (κ1) is 12.5. The van der Waals surface area contributed by atoms with Crippen molar-refractivity contribution in [3.05, 3.63) is 36.0 Å². The second kappa shape index (κ2) is 5.51. The fourth-order valence-corrected chi connectivity index (χ4v) is 1.53. The van der Waals surface area contributed by atoms with Gasteiger partial charge in [-0.2, -0.15) is 0 Å². The normalized spacial score (nSPS) is 9.44. The molecule has 2 aromatic rings. The van der Waals surface area contributed by atoms with Crippen LogP contribution >= 0.6 is 12.6 Å². The third kappa shape index (κ3) is 2.52. The minimum atomic E-state index is -0.525. The molecule has 0 spiro atoms. The van der Waals surface area contributed by atoms with Gasteiger partial charge in [-0.15, -0.1) is 12.6 Å². The molecule has 0 saturated carbocycles. The minimum absolute atomic E-state index is 0.263. The Morgan fingerprint density at radius 1 is 1.25 bits per heavy atom. The topological polar surface area (TPSA) is 56.0 Å². The van der Waals surface area contributed by atoms with E-state index >= 15 is 0 Å². The zero-order valence-corrected chi connectivity index (χ0v) is 10.2. The molecule has 84 valence electrons. The maximum atomic E-state index is 10.9. The molecule has 2 rings (SSSR count). The largest absolute Gasteiger partial charge is 0.364 e. The molecule has 4 heteroatoms. The van der Waals surface area contributed by atoms with Crippen molar-refractivity contribution in [2.45, 2.75) is 18.7 Å². The van der Waals surface area contributed by atoms with E-state index < -0.39 is 5.91 Å². The first-order valence-corrected chi connectivity index (χ1v) is 5.52. The second-order valence-electron chi connectivity index (χ2n) is 2.91. The molecule has 1 amide bonds. The van der Waals surface area contributed by atoms with Gasteiger partial charge in [0.15, 0.2) is 0 Å². The number of benzene rings is 1. The van der Waals surface area contributed by atoms with E-state index in [9.17, 15) is 4.79 Å². The third-order valence-electron chi connectivity index (χ3n) is 1.95. The van der Waals surface area contributed by atoms with E-state index in [0.717, 1.165) is 10.3 Å². The number of rotatable bonds is 1. The number of carbonyl (C=O) groups excluding carboxylic acids is 1. The predicted molar refractivity (Wildman–Crippen MR) is 68.9 cm³/mol. The molecule has 3 nitrogen and oxygen atoms in total. The fraction of sp³-hybridized carbons (Fsp3) is 0.167. The van der Waals surface area contributed by atoms with Gasteiger partial charge in [0, 0.05) is 10.3 Å². The van der Waals surface area contributed by atoms with Crippen LogP contribution in [0.15, 0.2) is 35.2 Å². The molecule has 0 saturated heterocycles. The number of para-hydroxylation sites is 1. The maximum Gasteiger partial charge on any atom is 0.267 e. The molecule has 16 heavy (non-hydrogen) atoms. The van der Waals surface area contributed by atoms with Crippen LogP contribution in [0.1, 0.15) is 24.3 Å². The molecular weight excluding hydrogens is 220 g/mol. The lowest BCUT2D eigenvalue weighted by Crippen LogP contribution is -2.12. The number of carbonyl (C=O) groups is 1. The van der Waals surface area contributed by atoms with Crippen molar-refractivity contribution in [3.63, 3.8) is 0 Å². The maximum absolute atomic E-state index is 10.9. The summed E-state index contributed by atoms with van der Waals surface area (Å²) < 4.78 is 0. The number of fused-ring (bicyclic) bond motifs is 1.